The van der Waals surface area contributed by atoms with Gasteiger partial charge in [-0.3, -0.25) is 10.0 Å². The van der Waals surface area contributed by atoms with Gasteiger partial charge in [-0.15, -0.1) is 10.2 Å². The minimum Gasteiger partial charge on any atom is -0.267 e. The van der Waals surface area contributed by atoms with E-state index in [0.717, 1.165) is 31.2 Å². The van der Waals surface area contributed by atoms with E-state index in [9.17, 15) is 0 Å². The minimum atomic E-state index is 0.876. The van der Waals surface area contributed by atoms with Gasteiger partial charge in [0, 0.05) is 13.1 Å². The fraction of sp³-hybridized carbons (Fsp3) is 0.375. The van der Waals surface area contributed by atoms with Crippen molar-refractivity contribution in [3.63, 3.8) is 0 Å². The van der Waals surface area contributed by atoms with Crippen LogP contribution < -0.4 is 5.01 Å². The standard InChI is InChI=1S/C8H9N5/c1-4-9-7-2-3-8-11-10-6-13(8)12(7)5-1/h2-3,6H,1,4-5H2. The Bertz CT molecular complexity index is 389. The second kappa shape index (κ2) is 2.42. The van der Waals surface area contributed by atoms with E-state index in [-0.39, 0.29) is 0 Å². The van der Waals surface area contributed by atoms with Crippen LogP contribution in [-0.4, -0.2) is 33.8 Å². The molecule has 2 aliphatic heterocycles. The third-order valence-electron chi connectivity index (χ3n) is 2.26. The van der Waals surface area contributed by atoms with Gasteiger partial charge in [0.1, 0.15) is 12.2 Å². The lowest BCUT2D eigenvalue weighted by molar-refractivity contribution is 0.642. The molecule has 3 rings (SSSR count). The monoisotopic (exact) mass is 175 g/mol. The smallest absolute Gasteiger partial charge is 0.175 e. The Morgan fingerprint density at radius 1 is 1.31 bits per heavy atom. The highest BCUT2D eigenvalue weighted by Gasteiger charge is 2.20. The van der Waals surface area contributed by atoms with Gasteiger partial charge in [-0.05, 0) is 18.6 Å². The van der Waals surface area contributed by atoms with E-state index in [0.29, 0.717) is 0 Å². The van der Waals surface area contributed by atoms with E-state index in [4.69, 9.17) is 0 Å². The normalized spacial score (nSPS) is 19.4. The fourth-order valence-corrected chi connectivity index (χ4v) is 1.65. The van der Waals surface area contributed by atoms with Crippen LogP contribution in [0.2, 0.25) is 0 Å². The zero-order chi connectivity index (χ0) is 8.67. The molecule has 0 aromatic carbocycles. The van der Waals surface area contributed by atoms with Gasteiger partial charge in [0.15, 0.2) is 5.82 Å². The van der Waals surface area contributed by atoms with Crippen molar-refractivity contribution in [3.05, 3.63) is 18.2 Å². The van der Waals surface area contributed by atoms with Crippen molar-refractivity contribution in [2.24, 2.45) is 4.99 Å². The predicted octanol–water partition coefficient (Wildman–Crippen LogP) is 0.0451. The molecular formula is C8H9N5. The second-order valence-electron chi connectivity index (χ2n) is 3.08. The van der Waals surface area contributed by atoms with Crippen LogP contribution >= 0.6 is 0 Å². The zero-order valence-electron chi connectivity index (χ0n) is 7.09. The molecule has 2 aliphatic rings. The van der Waals surface area contributed by atoms with Crippen LogP contribution in [0.3, 0.4) is 0 Å². The first-order chi connectivity index (χ1) is 6.45. The number of amidine groups is 1. The molecule has 0 saturated carbocycles. The van der Waals surface area contributed by atoms with Crippen molar-refractivity contribution >= 4 is 11.9 Å². The maximum absolute atomic E-state index is 4.41. The van der Waals surface area contributed by atoms with Gasteiger partial charge in [0.25, 0.3) is 0 Å². The van der Waals surface area contributed by atoms with E-state index in [1.165, 1.54) is 0 Å². The average molecular weight is 175 g/mol. The quantitative estimate of drug-likeness (QED) is 0.559. The molecule has 3 heterocycles. The second-order valence-corrected chi connectivity index (χ2v) is 3.08. The molecule has 0 fully saturated rings. The molecule has 1 aromatic heterocycles. The number of fused-ring (bicyclic) bond motifs is 3. The molecule has 0 amide bonds. The van der Waals surface area contributed by atoms with Gasteiger partial charge >= 0.3 is 0 Å². The number of rotatable bonds is 0. The number of aliphatic imine (C=N–C) groups is 1. The fourth-order valence-electron chi connectivity index (χ4n) is 1.65. The van der Waals surface area contributed by atoms with Crippen molar-refractivity contribution in [1.82, 2.24) is 14.9 Å². The SMILES string of the molecule is C1=Cc2nncn2N2CCCN=C12. The number of nitrogens with zero attached hydrogens (tertiary/aromatic N) is 5. The van der Waals surface area contributed by atoms with E-state index >= 15 is 0 Å². The van der Waals surface area contributed by atoms with Crippen LogP contribution in [-0.2, 0) is 0 Å². The van der Waals surface area contributed by atoms with Crippen molar-refractivity contribution in [2.45, 2.75) is 6.42 Å². The Balaban J connectivity index is 2.15. The maximum Gasteiger partial charge on any atom is 0.175 e. The van der Waals surface area contributed by atoms with Crippen LogP contribution in [0, 0.1) is 0 Å². The summed E-state index contributed by atoms with van der Waals surface area (Å²) >= 11 is 0. The molecule has 0 N–H and O–H groups in total. The molecule has 5 nitrogen and oxygen atoms in total. The van der Waals surface area contributed by atoms with Crippen LogP contribution in [0.1, 0.15) is 12.2 Å². The lowest BCUT2D eigenvalue weighted by atomic mass is 10.3. The molecule has 1 aromatic rings. The minimum absolute atomic E-state index is 0.876. The van der Waals surface area contributed by atoms with Gasteiger partial charge in [0.05, 0.1) is 0 Å². The van der Waals surface area contributed by atoms with Gasteiger partial charge in [0.2, 0.25) is 0 Å². The molecule has 0 radical (unpaired) electrons. The molecule has 0 aliphatic carbocycles. The van der Waals surface area contributed by atoms with Crippen LogP contribution in [0.15, 0.2) is 17.4 Å². The summed E-state index contributed by atoms with van der Waals surface area (Å²) in [6.45, 7) is 1.92. The summed E-state index contributed by atoms with van der Waals surface area (Å²) in [5.74, 6) is 1.89. The molecular weight excluding hydrogens is 166 g/mol. The molecule has 0 saturated heterocycles. The summed E-state index contributed by atoms with van der Waals surface area (Å²) in [6.07, 6.45) is 6.74. The van der Waals surface area contributed by atoms with Crippen LogP contribution in [0.25, 0.3) is 6.08 Å². The van der Waals surface area contributed by atoms with Crippen molar-refractivity contribution in [1.29, 1.82) is 0 Å². The van der Waals surface area contributed by atoms with Crippen molar-refractivity contribution in [3.8, 4) is 0 Å². The maximum atomic E-state index is 4.41. The van der Waals surface area contributed by atoms with E-state index in [1.807, 2.05) is 16.8 Å². The number of hydrogen-bond donors (Lipinski definition) is 0. The lowest BCUT2D eigenvalue weighted by Gasteiger charge is -2.30. The van der Waals surface area contributed by atoms with E-state index in [2.05, 4.69) is 20.2 Å². The van der Waals surface area contributed by atoms with Crippen LogP contribution in [0.4, 0.5) is 0 Å². The molecule has 66 valence electrons. The van der Waals surface area contributed by atoms with Gasteiger partial charge in [-0.25, -0.2) is 4.68 Å². The summed E-state index contributed by atoms with van der Waals surface area (Å²) in [5, 5.41) is 9.93. The van der Waals surface area contributed by atoms with Crippen molar-refractivity contribution < 1.29 is 0 Å². The third kappa shape index (κ3) is 0.898. The Kier molecular flexibility index (Phi) is 1.27. The zero-order valence-corrected chi connectivity index (χ0v) is 7.09. The summed E-state index contributed by atoms with van der Waals surface area (Å²) in [4.78, 5) is 4.41. The highest BCUT2D eigenvalue weighted by atomic mass is 15.6. The molecule has 5 heteroatoms. The first kappa shape index (κ1) is 6.82. The van der Waals surface area contributed by atoms with Gasteiger partial charge in [-0.1, -0.05) is 0 Å². The Hall–Kier alpha value is -1.65. The highest BCUT2D eigenvalue weighted by molar-refractivity contribution is 6.05. The highest BCUT2D eigenvalue weighted by Crippen LogP contribution is 2.12. The largest absolute Gasteiger partial charge is 0.267 e. The summed E-state index contributed by atoms with van der Waals surface area (Å²) in [5.41, 5.74) is 0. The molecule has 13 heavy (non-hydrogen) atoms. The molecule has 0 spiro atoms. The topological polar surface area (TPSA) is 46.3 Å². The van der Waals surface area contributed by atoms with Gasteiger partial charge < -0.3 is 0 Å². The molecule has 0 atom stereocenters. The summed E-state index contributed by atoms with van der Waals surface area (Å²) < 4.78 is 1.94. The third-order valence-corrected chi connectivity index (χ3v) is 2.26. The van der Waals surface area contributed by atoms with Gasteiger partial charge in [-0.2, -0.15) is 0 Å². The number of hydrogen-bond acceptors (Lipinski definition) is 4. The Morgan fingerprint density at radius 3 is 3.31 bits per heavy atom. The molecule has 0 unspecified atom stereocenters. The number of aromatic nitrogens is 3. The predicted molar refractivity (Wildman–Crippen MR) is 49.1 cm³/mol. The Morgan fingerprint density at radius 2 is 2.31 bits per heavy atom. The summed E-state index contributed by atoms with van der Waals surface area (Å²) in [6, 6.07) is 0. The average Bonchev–Trinajstić information content (AvgIpc) is 2.65. The first-order valence-corrected chi connectivity index (χ1v) is 4.35. The lowest BCUT2D eigenvalue weighted by Crippen LogP contribution is -2.44. The van der Waals surface area contributed by atoms with E-state index in [1.54, 1.807) is 6.33 Å². The van der Waals surface area contributed by atoms with E-state index < -0.39 is 0 Å². The first-order valence-electron chi connectivity index (χ1n) is 4.35. The molecule has 0 bridgehead atoms. The van der Waals surface area contributed by atoms with Crippen molar-refractivity contribution in [2.75, 3.05) is 18.1 Å². The Labute approximate surface area is 75.4 Å². The summed E-state index contributed by atoms with van der Waals surface area (Å²) in [7, 11) is 0. The van der Waals surface area contributed by atoms with Crippen LogP contribution in [0.5, 0.6) is 0 Å².